The van der Waals surface area contributed by atoms with Gasteiger partial charge in [0.05, 0.1) is 18.4 Å². The summed E-state index contributed by atoms with van der Waals surface area (Å²) < 4.78 is 9.89. The molecule has 2 rings (SSSR count). The molecular formula is C20H20ClNO5. The molecule has 0 bridgehead atoms. The minimum atomic E-state index is -1.02. The van der Waals surface area contributed by atoms with Gasteiger partial charge in [-0.1, -0.05) is 23.7 Å². The summed E-state index contributed by atoms with van der Waals surface area (Å²) in [5.41, 5.74) is 2.28. The molecule has 1 aromatic heterocycles. The lowest BCUT2D eigenvalue weighted by Crippen LogP contribution is -2.24. The number of Topliss-reactive ketones (excluding diaryl/α,β-unsaturated/α-hetero) is 1. The minimum Gasteiger partial charge on any atom is -0.465 e. The lowest BCUT2D eigenvalue weighted by Gasteiger charge is -2.10. The van der Waals surface area contributed by atoms with Gasteiger partial charge in [0.2, 0.25) is 5.78 Å². The summed E-state index contributed by atoms with van der Waals surface area (Å²) in [6.07, 6.45) is 1.78. The number of aromatic amines is 1. The molecule has 0 amide bonds. The van der Waals surface area contributed by atoms with Gasteiger partial charge in [-0.25, -0.2) is 9.59 Å². The average Bonchev–Trinajstić information content (AvgIpc) is 2.94. The molecule has 1 heterocycles. The molecule has 0 saturated heterocycles. The highest BCUT2D eigenvalue weighted by molar-refractivity contribution is 6.30. The second kappa shape index (κ2) is 8.68. The number of H-pyrrole nitrogens is 1. The lowest BCUT2D eigenvalue weighted by molar-refractivity contribution is -0.140. The molecule has 0 aliphatic rings. The van der Waals surface area contributed by atoms with E-state index in [9.17, 15) is 14.4 Å². The molecule has 1 atom stereocenters. The Hall–Kier alpha value is -2.86. The van der Waals surface area contributed by atoms with Crippen LogP contribution in [0, 0.1) is 13.8 Å². The van der Waals surface area contributed by atoms with Gasteiger partial charge < -0.3 is 14.5 Å². The number of hydrogen-bond acceptors (Lipinski definition) is 5. The molecule has 0 spiro atoms. The maximum absolute atomic E-state index is 12.6. The predicted molar refractivity (Wildman–Crippen MR) is 102 cm³/mol. The zero-order chi connectivity index (χ0) is 20.1. The first-order chi connectivity index (χ1) is 12.7. The van der Waals surface area contributed by atoms with E-state index in [1.807, 2.05) is 0 Å². The third kappa shape index (κ3) is 4.86. The minimum absolute atomic E-state index is 0.217. The monoisotopic (exact) mass is 389 g/mol. The molecule has 0 fully saturated rings. The summed E-state index contributed by atoms with van der Waals surface area (Å²) in [4.78, 5) is 39.3. The number of ketones is 1. The number of aromatic nitrogens is 1. The van der Waals surface area contributed by atoms with Crippen LogP contribution in [0.3, 0.4) is 0 Å². The molecule has 27 heavy (non-hydrogen) atoms. The Bertz CT molecular complexity index is 896. The van der Waals surface area contributed by atoms with E-state index >= 15 is 0 Å². The van der Waals surface area contributed by atoms with Crippen LogP contribution in [0.25, 0.3) is 6.08 Å². The molecule has 0 saturated carbocycles. The smallest absolute Gasteiger partial charge is 0.339 e. The number of benzene rings is 1. The van der Waals surface area contributed by atoms with Crippen molar-refractivity contribution in [2.24, 2.45) is 0 Å². The highest BCUT2D eigenvalue weighted by Gasteiger charge is 2.26. The number of hydrogen-bond donors (Lipinski definition) is 1. The Morgan fingerprint density at radius 1 is 1.15 bits per heavy atom. The summed E-state index contributed by atoms with van der Waals surface area (Å²) >= 11 is 5.81. The number of halogens is 1. The molecule has 0 radical (unpaired) electrons. The Morgan fingerprint density at radius 3 is 2.37 bits per heavy atom. The van der Waals surface area contributed by atoms with Crippen LogP contribution in [-0.4, -0.2) is 35.9 Å². The van der Waals surface area contributed by atoms with Crippen LogP contribution in [-0.2, 0) is 14.3 Å². The number of aryl methyl sites for hydroxylation is 1. The van der Waals surface area contributed by atoms with Crippen LogP contribution < -0.4 is 0 Å². The molecule has 2 aromatic rings. The van der Waals surface area contributed by atoms with Gasteiger partial charge in [0.25, 0.3) is 0 Å². The van der Waals surface area contributed by atoms with E-state index in [-0.39, 0.29) is 5.69 Å². The fraction of sp³-hybridized carbons (Fsp3) is 0.250. The number of methoxy groups -OCH3 is 1. The number of carbonyl (C=O) groups excluding carboxylic acids is 3. The molecule has 1 N–H and O–H groups in total. The van der Waals surface area contributed by atoms with Crippen molar-refractivity contribution in [2.45, 2.75) is 26.9 Å². The van der Waals surface area contributed by atoms with Gasteiger partial charge in [-0.2, -0.15) is 0 Å². The topological polar surface area (TPSA) is 85.5 Å². The van der Waals surface area contributed by atoms with E-state index < -0.39 is 23.8 Å². The standard InChI is InChI=1S/C20H20ClNO5/c1-11-17(20(25)26-4)12(2)22-18(11)19(24)13(3)27-16(23)10-7-14-5-8-15(21)9-6-14/h5-10,13,22H,1-4H3/b10-7+/t13-/m1/s1. The first-order valence-electron chi connectivity index (χ1n) is 8.20. The van der Waals surface area contributed by atoms with Crippen molar-refractivity contribution in [1.82, 2.24) is 4.98 Å². The van der Waals surface area contributed by atoms with Crippen LogP contribution in [0.2, 0.25) is 5.02 Å². The van der Waals surface area contributed by atoms with Crippen LogP contribution >= 0.6 is 11.6 Å². The van der Waals surface area contributed by atoms with Crippen LogP contribution in [0.4, 0.5) is 0 Å². The Morgan fingerprint density at radius 2 is 1.78 bits per heavy atom. The third-order valence-corrected chi connectivity index (χ3v) is 4.27. The quantitative estimate of drug-likeness (QED) is 0.460. The van der Waals surface area contributed by atoms with Crippen molar-refractivity contribution < 1.29 is 23.9 Å². The predicted octanol–water partition coefficient (Wildman–Crippen LogP) is 3.90. The summed E-state index contributed by atoms with van der Waals surface area (Å²) in [7, 11) is 1.27. The number of ether oxygens (including phenoxy) is 2. The number of nitrogens with one attached hydrogen (secondary N) is 1. The molecule has 1 aromatic carbocycles. The first-order valence-corrected chi connectivity index (χ1v) is 8.58. The fourth-order valence-corrected chi connectivity index (χ4v) is 2.74. The normalized spacial score (nSPS) is 12.0. The summed E-state index contributed by atoms with van der Waals surface area (Å²) in [6.45, 7) is 4.78. The summed E-state index contributed by atoms with van der Waals surface area (Å²) in [5, 5.41) is 0.594. The van der Waals surface area contributed by atoms with Gasteiger partial charge in [-0.05, 0) is 50.1 Å². The van der Waals surface area contributed by atoms with Gasteiger partial charge in [0.1, 0.15) is 0 Å². The van der Waals surface area contributed by atoms with Crippen molar-refractivity contribution in [3.63, 3.8) is 0 Å². The molecule has 6 nitrogen and oxygen atoms in total. The Kier molecular flexibility index (Phi) is 6.58. The van der Waals surface area contributed by atoms with E-state index in [0.29, 0.717) is 21.8 Å². The maximum Gasteiger partial charge on any atom is 0.339 e. The van der Waals surface area contributed by atoms with Crippen LogP contribution in [0.15, 0.2) is 30.3 Å². The highest BCUT2D eigenvalue weighted by atomic mass is 35.5. The van der Waals surface area contributed by atoms with Crippen LogP contribution in [0.1, 0.15) is 44.6 Å². The van der Waals surface area contributed by atoms with E-state index in [0.717, 1.165) is 5.56 Å². The van der Waals surface area contributed by atoms with E-state index in [1.54, 1.807) is 44.2 Å². The number of esters is 2. The highest BCUT2D eigenvalue weighted by Crippen LogP contribution is 2.21. The molecule has 0 unspecified atom stereocenters. The zero-order valence-corrected chi connectivity index (χ0v) is 16.2. The van der Waals surface area contributed by atoms with Crippen molar-refractivity contribution in [3.8, 4) is 0 Å². The Balaban J connectivity index is 2.08. The van der Waals surface area contributed by atoms with Gasteiger partial charge in [-0.3, -0.25) is 4.79 Å². The molecule has 142 valence electrons. The lowest BCUT2D eigenvalue weighted by atomic mass is 10.1. The molecular weight excluding hydrogens is 370 g/mol. The van der Waals surface area contributed by atoms with Gasteiger partial charge in [0, 0.05) is 16.8 Å². The largest absolute Gasteiger partial charge is 0.465 e. The van der Waals surface area contributed by atoms with Crippen molar-refractivity contribution in [3.05, 3.63) is 63.4 Å². The van der Waals surface area contributed by atoms with Gasteiger partial charge in [-0.15, -0.1) is 0 Å². The fourth-order valence-electron chi connectivity index (χ4n) is 2.61. The maximum atomic E-state index is 12.6. The summed E-state index contributed by atoms with van der Waals surface area (Å²) in [5.74, 6) is -1.62. The van der Waals surface area contributed by atoms with Gasteiger partial charge in [0.15, 0.2) is 6.10 Å². The van der Waals surface area contributed by atoms with E-state index in [1.165, 1.54) is 20.1 Å². The van der Waals surface area contributed by atoms with E-state index in [2.05, 4.69) is 4.98 Å². The van der Waals surface area contributed by atoms with Crippen molar-refractivity contribution in [2.75, 3.05) is 7.11 Å². The first kappa shape index (κ1) is 20.5. The van der Waals surface area contributed by atoms with Gasteiger partial charge >= 0.3 is 11.9 Å². The van der Waals surface area contributed by atoms with Crippen molar-refractivity contribution in [1.29, 1.82) is 0 Å². The van der Waals surface area contributed by atoms with Crippen LogP contribution in [0.5, 0.6) is 0 Å². The second-order valence-electron chi connectivity index (χ2n) is 5.94. The van der Waals surface area contributed by atoms with E-state index in [4.69, 9.17) is 21.1 Å². The number of carbonyl (C=O) groups is 3. The Labute approximate surface area is 162 Å². The molecule has 0 aliphatic heterocycles. The third-order valence-electron chi connectivity index (χ3n) is 4.02. The molecule has 7 heteroatoms. The van der Waals surface area contributed by atoms with Crippen molar-refractivity contribution >= 4 is 35.4 Å². The number of rotatable bonds is 6. The average molecular weight is 390 g/mol. The molecule has 0 aliphatic carbocycles. The summed E-state index contributed by atoms with van der Waals surface area (Å²) in [6, 6.07) is 6.90. The zero-order valence-electron chi connectivity index (χ0n) is 15.5. The second-order valence-corrected chi connectivity index (χ2v) is 6.38. The SMILES string of the molecule is COC(=O)c1c(C)[nH]c(C(=O)[C@@H](C)OC(=O)/C=C/c2ccc(Cl)cc2)c1C.